The third-order valence-corrected chi connectivity index (χ3v) is 5.09. The molecule has 2 rings (SSSR count). The second-order valence-corrected chi connectivity index (χ2v) is 6.96. The minimum absolute atomic E-state index is 0.0266. The number of aryl methyl sites for hydroxylation is 3. The molecule has 0 saturated carbocycles. The summed E-state index contributed by atoms with van der Waals surface area (Å²) in [6.07, 6.45) is 3.09. The van der Waals surface area contributed by atoms with Crippen LogP contribution >= 0.6 is 0 Å². The number of hydrogen-bond acceptors (Lipinski definition) is 4. The lowest BCUT2D eigenvalue weighted by Gasteiger charge is -2.17. The summed E-state index contributed by atoms with van der Waals surface area (Å²) in [4.78, 5) is 4.40. The van der Waals surface area contributed by atoms with E-state index in [1.165, 1.54) is 8.99 Å². The number of rotatable bonds is 6. The molecule has 2 aromatic heterocycles. The van der Waals surface area contributed by atoms with Crippen molar-refractivity contribution in [3.8, 4) is 0 Å². The molecule has 6 nitrogen and oxygen atoms in total. The van der Waals surface area contributed by atoms with Gasteiger partial charge in [-0.15, -0.1) is 13.2 Å². The Bertz CT molecular complexity index is 827. The average Bonchev–Trinajstić information content (AvgIpc) is 2.77. The zero-order chi connectivity index (χ0) is 16.5. The zero-order valence-corrected chi connectivity index (χ0v) is 13.9. The van der Waals surface area contributed by atoms with Gasteiger partial charge in [0.25, 0.3) is 10.0 Å². The first-order chi connectivity index (χ1) is 10.3. The van der Waals surface area contributed by atoms with E-state index in [1.54, 1.807) is 19.2 Å². The molecule has 0 aliphatic rings. The molecule has 0 aliphatic heterocycles. The predicted molar refractivity (Wildman–Crippen MR) is 87.1 cm³/mol. The fourth-order valence-electron chi connectivity index (χ4n) is 2.41. The maximum Gasteiger partial charge on any atom is 0.263 e. The van der Waals surface area contributed by atoms with E-state index in [1.807, 2.05) is 19.9 Å². The Balaban J connectivity index is 2.73. The second-order valence-electron chi connectivity index (χ2n) is 5.11. The van der Waals surface area contributed by atoms with Gasteiger partial charge in [0.2, 0.25) is 5.03 Å². The number of pyridine rings is 1. The molecular weight excluding hydrogens is 300 g/mol. The number of aromatic nitrogens is 3. The average molecular weight is 320 g/mol. The molecule has 118 valence electrons. The van der Waals surface area contributed by atoms with Crippen LogP contribution < -0.4 is 0 Å². The normalized spacial score (nSPS) is 12.0. The lowest BCUT2D eigenvalue weighted by Crippen LogP contribution is -2.32. The minimum atomic E-state index is -3.75. The fourth-order valence-corrected chi connectivity index (χ4v) is 3.99. The van der Waals surface area contributed by atoms with Crippen molar-refractivity contribution in [3.05, 3.63) is 42.6 Å². The lowest BCUT2D eigenvalue weighted by molar-refractivity contribution is 0.470. The highest BCUT2D eigenvalue weighted by Crippen LogP contribution is 2.27. The van der Waals surface area contributed by atoms with Crippen LogP contribution in [0.4, 0.5) is 0 Å². The summed E-state index contributed by atoms with van der Waals surface area (Å²) in [5.41, 5.74) is 2.23. The van der Waals surface area contributed by atoms with Crippen LogP contribution in [0.25, 0.3) is 11.0 Å². The molecule has 0 N–H and O–H groups in total. The van der Waals surface area contributed by atoms with Gasteiger partial charge in [0.15, 0.2) is 5.65 Å². The summed E-state index contributed by atoms with van der Waals surface area (Å²) in [6.45, 7) is 11.3. The van der Waals surface area contributed by atoms with Crippen LogP contribution in [0, 0.1) is 13.8 Å². The summed E-state index contributed by atoms with van der Waals surface area (Å²) in [5.74, 6) is 0. The van der Waals surface area contributed by atoms with Crippen molar-refractivity contribution in [2.24, 2.45) is 7.05 Å². The molecule has 0 saturated heterocycles. The molecule has 0 unspecified atom stereocenters. The SMILES string of the molecule is C=CCN(CC=C)S(=O)(=O)c1nn(C)c2nc(C)cc(C)c12. The predicted octanol–water partition coefficient (Wildman–Crippen LogP) is 1.95. The molecular formula is C15H20N4O2S. The maximum absolute atomic E-state index is 12.9. The molecule has 2 aromatic rings. The third kappa shape index (κ3) is 2.69. The maximum atomic E-state index is 12.9. The quantitative estimate of drug-likeness (QED) is 0.763. The molecule has 0 aromatic carbocycles. The monoisotopic (exact) mass is 320 g/mol. The molecule has 0 bridgehead atoms. The molecule has 7 heteroatoms. The number of fused-ring (bicyclic) bond motifs is 1. The first kappa shape index (κ1) is 16.4. The highest BCUT2D eigenvalue weighted by Gasteiger charge is 2.29. The summed E-state index contributed by atoms with van der Waals surface area (Å²) in [5, 5.41) is 4.79. The van der Waals surface area contributed by atoms with Crippen molar-refractivity contribution in [1.29, 1.82) is 0 Å². The first-order valence-electron chi connectivity index (χ1n) is 6.85. The van der Waals surface area contributed by atoms with Gasteiger partial charge >= 0.3 is 0 Å². The van der Waals surface area contributed by atoms with E-state index in [4.69, 9.17) is 0 Å². The second kappa shape index (κ2) is 6.02. The van der Waals surface area contributed by atoms with E-state index in [-0.39, 0.29) is 18.1 Å². The lowest BCUT2D eigenvalue weighted by atomic mass is 10.2. The molecule has 0 fully saturated rings. The number of hydrogen-bond donors (Lipinski definition) is 0. The van der Waals surface area contributed by atoms with Gasteiger partial charge in [0, 0.05) is 25.8 Å². The van der Waals surface area contributed by atoms with Gasteiger partial charge in [0.1, 0.15) is 0 Å². The van der Waals surface area contributed by atoms with E-state index in [2.05, 4.69) is 23.2 Å². The van der Waals surface area contributed by atoms with E-state index < -0.39 is 10.0 Å². The fraction of sp³-hybridized carbons (Fsp3) is 0.333. The largest absolute Gasteiger partial charge is 0.263 e. The summed E-state index contributed by atoms with van der Waals surface area (Å²) >= 11 is 0. The number of sulfonamides is 1. The Morgan fingerprint density at radius 1 is 1.27 bits per heavy atom. The Hall–Kier alpha value is -1.99. The highest BCUT2D eigenvalue weighted by molar-refractivity contribution is 7.89. The standard InChI is InChI=1S/C15H20N4O2S/c1-6-8-19(9-7-2)22(20,21)15-13-11(3)10-12(4)16-14(13)18(5)17-15/h6-7,10H,1-2,8-9H2,3-5H3. The van der Waals surface area contributed by atoms with E-state index in [9.17, 15) is 8.42 Å². The Morgan fingerprint density at radius 2 is 1.86 bits per heavy atom. The third-order valence-electron chi connectivity index (χ3n) is 3.34. The minimum Gasteiger partial charge on any atom is -0.249 e. The van der Waals surface area contributed by atoms with Gasteiger partial charge < -0.3 is 0 Å². The van der Waals surface area contributed by atoms with Crippen LogP contribution in [0.1, 0.15) is 11.3 Å². The van der Waals surface area contributed by atoms with Crippen molar-refractivity contribution >= 4 is 21.1 Å². The van der Waals surface area contributed by atoms with Gasteiger partial charge in [-0.3, -0.25) is 0 Å². The van der Waals surface area contributed by atoms with Crippen molar-refractivity contribution in [3.63, 3.8) is 0 Å². The highest BCUT2D eigenvalue weighted by atomic mass is 32.2. The van der Waals surface area contributed by atoms with Crippen molar-refractivity contribution < 1.29 is 8.42 Å². The number of nitrogens with zero attached hydrogens (tertiary/aromatic N) is 4. The van der Waals surface area contributed by atoms with Gasteiger partial charge in [-0.25, -0.2) is 18.1 Å². The Morgan fingerprint density at radius 3 is 2.41 bits per heavy atom. The summed E-state index contributed by atoms with van der Waals surface area (Å²) < 4.78 is 28.6. The van der Waals surface area contributed by atoms with E-state index in [0.717, 1.165) is 11.3 Å². The smallest absolute Gasteiger partial charge is 0.249 e. The van der Waals surface area contributed by atoms with Crippen molar-refractivity contribution in [2.75, 3.05) is 13.1 Å². The Labute approximate surface area is 130 Å². The van der Waals surface area contributed by atoms with Gasteiger partial charge in [-0.1, -0.05) is 12.2 Å². The van der Waals surface area contributed by atoms with Gasteiger partial charge in [-0.05, 0) is 25.5 Å². The molecule has 0 radical (unpaired) electrons. The van der Waals surface area contributed by atoms with Crippen LogP contribution in [-0.4, -0.2) is 40.6 Å². The van der Waals surface area contributed by atoms with Gasteiger partial charge in [0.05, 0.1) is 5.39 Å². The van der Waals surface area contributed by atoms with Crippen molar-refractivity contribution in [1.82, 2.24) is 19.1 Å². The topological polar surface area (TPSA) is 68.1 Å². The van der Waals surface area contributed by atoms with Crippen LogP contribution in [-0.2, 0) is 17.1 Å². The molecule has 0 atom stereocenters. The van der Waals surface area contributed by atoms with Crippen LogP contribution in [0.5, 0.6) is 0 Å². The van der Waals surface area contributed by atoms with Crippen LogP contribution in [0.2, 0.25) is 0 Å². The molecule has 0 amide bonds. The van der Waals surface area contributed by atoms with E-state index >= 15 is 0 Å². The zero-order valence-electron chi connectivity index (χ0n) is 13.1. The molecule has 2 heterocycles. The molecule has 22 heavy (non-hydrogen) atoms. The van der Waals surface area contributed by atoms with Crippen LogP contribution in [0.15, 0.2) is 36.4 Å². The molecule has 0 spiro atoms. The summed E-state index contributed by atoms with van der Waals surface area (Å²) in [7, 11) is -2.05. The van der Waals surface area contributed by atoms with E-state index in [0.29, 0.717) is 11.0 Å². The van der Waals surface area contributed by atoms with Crippen LogP contribution in [0.3, 0.4) is 0 Å². The first-order valence-corrected chi connectivity index (χ1v) is 8.29. The van der Waals surface area contributed by atoms with Gasteiger partial charge in [-0.2, -0.15) is 9.40 Å². The Kier molecular flexibility index (Phi) is 4.48. The van der Waals surface area contributed by atoms with Crippen molar-refractivity contribution in [2.45, 2.75) is 18.9 Å². The summed E-state index contributed by atoms with van der Waals surface area (Å²) in [6, 6.07) is 1.86. The molecule has 0 aliphatic carbocycles.